The van der Waals surface area contributed by atoms with Crippen molar-refractivity contribution in [2.24, 2.45) is 0 Å². The van der Waals surface area contributed by atoms with Gasteiger partial charge in [-0.25, -0.2) is 4.98 Å². The van der Waals surface area contributed by atoms with Crippen LogP contribution in [0.15, 0.2) is 48.5 Å². The highest BCUT2D eigenvalue weighted by atomic mass is 35.5. The van der Waals surface area contributed by atoms with Crippen molar-refractivity contribution in [3.8, 4) is 5.75 Å². The molecule has 162 valence electrons. The van der Waals surface area contributed by atoms with Gasteiger partial charge in [-0.1, -0.05) is 23.7 Å². The number of nitrogens with one attached hydrogen (secondary N) is 1. The maximum Gasteiger partial charge on any atom is 0.416 e. The van der Waals surface area contributed by atoms with E-state index in [1.807, 2.05) is 18.2 Å². The lowest BCUT2D eigenvalue weighted by Gasteiger charge is -2.17. The standard InChI is InChI=1S/C22H19ClF3N3O2/c23-16-8-7-15(22(24,25)26)12-17(16)27-20(30)13-31-18-5-3-4-14-6-9-19(28-21(14)18)29-10-1-2-11-29/h3-9,12H,1-2,10-11,13H2,(H,27,30). The van der Waals surface area contributed by atoms with E-state index in [1.54, 1.807) is 12.1 Å². The van der Waals surface area contributed by atoms with Gasteiger partial charge in [-0.15, -0.1) is 0 Å². The number of aromatic nitrogens is 1. The Morgan fingerprint density at radius 2 is 1.90 bits per heavy atom. The van der Waals surface area contributed by atoms with Gasteiger partial charge in [0.15, 0.2) is 6.61 Å². The Morgan fingerprint density at radius 1 is 1.13 bits per heavy atom. The van der Waals surface area contributed by atoms with Crippen LogP contribution in [0.2, 0.25) is 5.02 Å². The summed E-state index contributed by atoms with van der Waals surface area (Å²) in [6, 6.07) is 12.0. The Labute approximate surface area is 181 Å². The van der Waals surface area contributed by atoms with Gasteiger partial charge in [0.2, 0.25) is 0 Å². The minimum absolute atomic E-state index is 0.00318. The number of nitrogens with zero attached hydrogens (tertiary/aromatic N) is 2. The fourth-order valence-electron chi connectivity index (χ4n) is 3.48. The Hall–Kier alpha value is -3.00. The molecule has 1 fully saturated rings. The fraction of sp³-hybridized carbons (Fsp3) is 0.273. The van der Waals surface area contributed by atoms with Gasteiger partial charge in [0.1, 0.15) is 17.1 Å². The average molecular weight is 450 g/mol. The third kappa shape index (κ3) is 4.85. The number of carbonyl (C=O) groups excluding carboxylic acids is 1. The quantitative estimate of drug-likeness (QED) is 0.557. The van der Waals surface area contributed by atoms with Crippen LogP contribution < -0.4 is 15.0 Å². The first kappa shape index (κ1) is 21.2. The maximum absolute atomic E-state index is 12.9. The average Bonchev–Trinajstić information content (AvgIpc) is 3.27. The topological polar surface area (TPSA) is 54.5 Å². The second-order valence-electron chi connectivity index (χ2n) is 7.22. The number of amides is 1. The Bertz CT molecular complexity index is 1110. The molecule has 0 saturated carbocycles. The van der Waals surface area contributed by atoms with Gasteiger partial charge >= 0.3 is 6.18 Å². The molecule has 4 rings (SSSR count). The maximum atomic E-state index is 12.9. The van der Waals surface area contributed by atoms with Crippen LogP contribution in [0, 0.1) is 0 Å². The van der Waals surface area contributed by atoms with E-state index in [2.05, 4.69) is 10.2 Å². The van der Waals surface area contributed by atoms with Crippen molar-refractivity contribution < 1.29 is 22.7 Å². The molecule has 1 saturated heterocycles. The van der Waals surface area contributed by atoms with Crippen LogP contribution in [0.25, 0.3) is 10.9 Å². The summed E-state index contributed by atoms with van der Waals surface area (Å²) in [4.78, 5) is 19.2. The minimum Gasteiger partial charge on any atom is -0.481 e. The number of benzene rings is 2. The van der Waals surface area contributed by atoms with E-state index in [0.29, 0.717) is 11.3 Å². The summed E-state index contributed by atoms with van der Waals surface area (Å²) in [5.74, 6) is 0.638. The lowest BCUT2D eigenvalue weighted by molar-refractivity contribution is -0.137. The summed E-state index contributed by atoms with van der Waals surface area (Å²) in [5, 5.41) is 3.24. The first-order valence-electron chi connectivity index (χ1n) is 9.75. The van der Waals surface area contributed by atoms with Crippen molar-refractivity contribution in [1.29, 1.82) is 0 Å². The second-order valence-corrected chi connectivity index (χ2v) is 7.63. The van der Waals surface area contributed by atoms with Crippen LogP contribution >= 0.6 is 11.6 Å². The molecule has 5 nitrogen and oxygen atoms in total. The molecule has 0 radical (unpaired) electrons. The highest BCUT2D eigenvalue weighted by Crippen LogP contribution is 2.34. The van der Waals surface area contributed by atoms with Crippen LogP contribution in [-0.2, 0) is 11.0 Å². The number of carbonyl (C=O) groups is 1. The number of pyridine rings is 1. The summed E-state index contributed by atoms with van der Waals surface area (Å²) in [6.07, 6.45) is -2.30. The van der Waals surface area contributed by atoms with E-state index < -0.39 is 24.3 Å². The SMILES string of the molecule is O=C(COc1cccc2ccc(N3CCCC3)nc12)Nc1cc(C(F)(F)F)ccc1Cl. The Kier molecular flexibility index (Phi) is 5.91. The van der Waals surface area contributed by atoms with Gasteiger partial charge in [-0.3, -0.25) is 4.79 Å². The van der Waals surface area contributed by atoms with Gasteiger partial charge < -0.3 is 15.0 Å². The number of rotatable bonds is 5. The molecule has 3 aromatic rings. The molecule has 0 bridgehead atoms. The largest absolute Gasteiger partial charge is 0.481 e. The van der Waals surface area contributed by atoms with Crippen LogP contribution in [0.5, 0.6) is 5.75 Å². The molecule has 1 aliphatic rings. The molecular weight excluding hydrogens is 431 g/mol. The first-order chi connectivity index (χ1) is 14.8. The number of anilines is 2. The predicted molar refractivity (Wildman–Crippen MR) is 114 cm³/mol. The Balaban J connectivity index is 1.49. The summed E-state index contributed by atoms with van der Waals surface area (Å²) >= 11 is 5.93. The van der Waals surface area contributed by atoms with E-state index in [1.165, 1.54) is 0 Å². The number of alkyl halides is 3. The van der Waals surface area contributed by atoms with Gasteiger partial charge in [0.25, 0.3) is 5.91 Å². The van der Waals surface area contributed by atoms with E-state index in [4.69, 9.17) is 21.3 Å². The van der Waals surface area contributed by atoms with Crippen LogP contribution in [0.1, 0.15) is 18.4 Å². The van der Waals surface area contributed by atoms with Crippen molar-refractivity contribution in [1.82, 2.24) is 4.98 Å². The number of ether oxygens (including phenoxy) is 1. The van der Waals surface area contributed by atoms with Crippen molar-refractivity contribution in [3.63, 3.8) is 0 Å². The molecule has 9 heteroatoms. The normalized spacial score (nSPS) is 14.1. The summed E-state index contributed by atoms with van der Waals surface area (Å²) in [7, 11) is 0. The monoisotopic (exact) mass is 449 g/mol. The molecule has 2 aromatic carbocycles. The minimum atomic E-state index is -4.54. The highest BCUT2D eigenvalue weighted by molar-refractivity contribution is 6.33. The zero-order chi connectivity index (χ0) is 22.0. The third-order valence-electron chi connectivity index (χ3n) is 5.03. The van der Waals surface area contributed by atoms with Crippen molar-refractivity contribution in [3.05, 3.63) is 59.1 Å². The number of halogens is 4. The van der Waals surface area contributed by atoms with E-state index in [-0.39, 0.29) is 10.7 Å². The van der Waals surface area contributed by atoms with Crippen molar-refractivity contribution in [2.75, 3.05) is 29.9 Å². The summed E-state index contributed by atoms with van der Waals surface area (Å²) < 4.78 is 44.4. The molecule has 0 aliphatic carbocycles. The number of hydrogen-bond acceptors (Lipinski definition) is 4. The number of fused-ring (bicyclic) bond motifs is 1. The van der Waals surface area contributed by atoms with Crippen molar-refractivity contribution in [2.45, 2.75) is 19.0 Å². The molecule has 1 aromatic heterocycles. The zero-order valence-electron chi connectivity index (χ0n) is 16.4. The molecule has 1 aliphatic heterocycles. The van der Waals surface area contributed by atoms with Gasteiger partial charge in [0, 0.05) is 18.5 Å². The number of para-hydroxylation sites is 1. The molecule has 1 amide bonds. The van der Waals surface area contributed by atoms with E-state index in [9.17, 15) is 18.0 Å². The Morgan fingerprint density at radius 3 is 2.65 bits per heavy atom. The fourth-order valence-corrected chi connectivity index (χ4v) is 3.64. The molecule has 31 heavy (non-hydrogen) atoms. The molecule has 0 spiro atoms. The summed E-state index contributed by atoms with van der Waals surface area (Å²) in [5.41, 5.74) is -0.407. The zero-order valence-corrected chi connectivity index (χ0v) is 17.1. The smallest absolute Gasteiger partial charge is 0.416 e. The lowest BCUT2D eigenvalue weighted by Crippen LogP contribution is -2.21. The van der Waals surface area contributed by atoms with Gasteiger partial charge in [0.05, 0.1) is 16.3 Å². The molecule has 1 N–H and O–H groups in total. The predicted octanol–water partition coefficient (Wildman–Crippen LogP) is 5.52. The van der Waals surface area contributed by atoms with Gasteiger partial charge in [-0.05, 0) is 49.2 Å². The van der Waals surface area contributed by atoms with E-state index >= 15 is 0 Å². The molecule has 0 atom stereocenters. The van der Waals surface area contributed by atoms with Crippen LogP contribution in [0.3, 0.4) is 0 Å². The van der Waals surface area contributed by atoms with Gasteiger partial charge in [-0.2, -0.15) is 13.2 Å². The third-order valence-corrected chi connectivity index (χ3v) is 5.35. The first-order valence-corrected chi connectivity index (χ1v) is 10.1. The molecule has 2 heterocycles. The lowest BCUT2D eigenvalue weighted by atomic mass is 10.2. The summed E-state index contributed by atoms with van der Waals surface area (Å²) in [6.45, 7) is 1.49. The number of hydrogen-bond donors (Lipinski definition) is 1. The molecule has 0 unspecified atom stereocenters. The highest BCUT2D eigenvalue weighted by Gasteiger charge is 2.31. The second kappa shape index (κ2) is 8.63. The molecular formula is C22H19ClF3N3O2. The van der Waals surface area contributed by atoms with Crippen LogP contribution in [-0.4, -0.2) is 30.6 Å². The van der Waals surface area contributed by atoms with Crippen LogP contribution in [0.4, 0.5) is 24.7 Å². The van der Waals surface area contributed by atoms with E-state index in [0.717, 1.165) is 55.3 Å². The van der Waals surface area contributed by atoms with Crippen molar-refractivity contribution >= 4 is 39.9 Å².